The van der Waals surface area contributed by atoms with Crippen LogP contribution in [0.25, 0.3) is 23.2 Å². The van der Waals surface area contributed by atoms with Crippen molar-refractivity contribution in [2.45, 2.75) is 19.4 Å². The molecule has 0 saturated carbocycles. The third-order valence-electron chi connectivity index (χ3n) is 5.42. The first-order valence-electron chi connectivity index (χ1n) is 9.85. The number of imidazole rings is 1. The SMILES string of the molecule is CC[C@@H]1c2nncn2-c2cnc(-n3ccnc3-c3ccc(F)cn3)nc2N1C1=CC=C1. The first-order valence-corrected chi connectivity index (χ1v) is 9.85. The highest BCUT2D eigenvalue weighted by Gasteiger charge is 2.35. The number of anilines is 1. The highest BCUT2D eigenvalue weighted by atomic mass is 19.1. The van der Waals surface area contributed by atoms with Crippen molar-refractivity contribution < 1.29 is 4.39 Å². The molecule has 1 aliphatic carbocycles. The largest absolute Gasteiger partial charge is 0.314 e. The molecular weight excluding hydrogens is 397 g/mol. The lowest BCUT2D eigenvalue weighted by Gasteiger charge is -2.38. The van der Waals surface area contributed by atoms with Crippen molar-refractivity contribution in [1.82, 2.24) is 39.3 Å². The number of nitrogens with zero attached hydrogens (tertiary/aromatic N) is 9. The number of allylic oxidation sites excluding steroid dienone is 3. The van der Waals surface area contributed by atoms with Gasteiger partial charge in [-0.15, -0.1) is 10.2 Å². The molecule has 2 aliphatic rings. The number of hydrogen-bond acceptors (Lipinski definition) is 7. The molecule has 6 rings (SSSR count). The molecule has 1 atom stereocenters. The molecule has 152 valence electrons. The molecule has 31 heavy (non-hydrogen) atoms. The van der Waals surface area contributed by atoms with Crippen molar-refractivity contribution >= 4 is 5.82 Å². The lowest BCUT2D eigenvalue weighted by atomic mass is 10.1. The van der Waals surface area contributed by atoms with Crippen LogP contribution in [0.2, 0.25) is 0 Å². The Morgan fingerprint density at radius 2 is 2.00 bits per heavy atom. The molecule has 0 radical (unpaired) electrons. The lowest BCUT2D eigenvalue weighted by Crippen LogP contribution is -2.35. The topological polar surface area (TPSA) is 90.4 Å². The van der Waals surface area contributed by atoms with Gasteiger partial charge in [-0.05, 0) is 30.7 Å². The van der Waals surface area contributed by atoms with Gasteiger partial charge in [0.15, 0.2) is 17.5 Å². The number of rotatable bonds is 4. The highest BCUT2D eigenvalue weighted by Crippen LogP contribution is 2.41. The summed E-state index contributed by atoms with van der Waals surface area (Å²) < 4.78 is 17.0. The van der Waals surface area contributed by atoms with Crippen LogP contribution in [0.4, 0.5) is 10.2 Å². The summed E-state index contributed by atoms with van der Waals surface area (Å²) in [5.41, 5.74) is 2.39. The van der Waals surface area contributed by atoms with Gasteiger partial charge < -0.3 is 4.90 Å². The zero-order valence-corrected chi connectivity index (χ0v) is 16.5. The zero-order valence-electron chi connectivity index (χ0n) is 16.5. The highest BCUT2D eigenvalue weighted by molar-refractivity contribution is 5.68. The minimum Gasteiger partial charge on any atom is -0.314 e. The van der Waals surface area contributed by atoms with Gasteiger partial charge in [0.25, 0.3) is 0 Å². The monoisotopic (exact) mass is 413 g/mol. The van der Waals surface area contributed by atoms with Crippen LogP contribution in [0.5, 0.6) is 0 Å². The van der Waals surface area contributed by atoms with Gasteiger partial charge in [-0.1, -0.05) is 13.0 Å². The van der Waals surface area contributed by atoms with Crippen LogP contribution >= 0.6 is 0 Å². The predicted octanol–water partition coefficient (Wildman–Crippen LogP) is 3.17. The molecule has 0 saturated heterocycles. The maximum Gasteiger partial charge on any atom is 0.237 e. The molecule has 0 unspecified atom stereocenters. The Balaban J connectivity index is 1.52. The fourth-order valence-electron chi connectivity index (χ4n) is 3.91. The molecule has 9 nitrogen and oxygen atoms in total. The number of pyridine rings is 1. The number of hydrogen-bond donors (Lipinski definition) is 0. The summed E-state index contributed by atoms with van der Waals surface area (Å²) in [5.74, 6) is 2.18. The average Bonchev–Trinajstić information content (AvgIpc) is 3.43. The van der Waals surface area contributed by atoms with Crippen molar-refractivity contribution in [3.8, 4) is 23.2 Å². The van der Waals surface area contributed by atoms with Crippen molar-refractivity contribution in [2.75, 3.05) is 4.90 Å². The van der Waals surface area contributed by atoms with Gasteiger partial charge in [0, 0.05) is 18.1 Å². The number of aromatic nitrogens is 8. The van der Waals surface area contributed by atoms with Crippen molar-refractivity contribution in [3.05, 3.63) is 78.8 Å². The number of fused-ring (bicyclic) bond motifs is 3. The quantitative estimate of drug-likeness (QED) is 0.508. The molecular formula is C21H16FN9. The average molecular weight is 413 g/mol. The summed E-state index contributed by atoms with van der Waals surface area (Å²) in [6.45, 7) is 2.11. The number of halogens is 1. The van der Waals surface area contributed by atoms with Gasteiger partial charge in [-0.3, -0.25) is 9.13 Å². The molecule has 1 aliphatic heterocycles. The Morgan fingerprint density at radius 3 is 2.74 bits per heavy atom. The third-order valence-corrected chi connectivity index (χ3v) is 5.42. The maximum atomic E-state index is 13.3. The van der Waals surface area contributed by atoms with Gasteiger partial charge in [-0.2, -0.15) is 4.98 Å². The van der Waals surface area contributed by atoms with Gasteiger partial charge in [0.2, 0.25) is 5.95 Å². The van der Waals surface area contributed by atoms with Crippen molar-refractivity contribution in [1.29, 1.82) is 0 Å². The van der Waals surface area contributed by atoms with E-state index in [0.29, 0.717) is 17.5 Å². The van der Waals surface area contributed by atoms with Crippen molar-refractivity contribution in [2.24, 2.45) is 0 Å². The fourth-order valence-corrected chi connectivity index (χ4v) is 3.91. The maximum absolute atomic E-state index is 13.3. The van der Waals surface area contributed by atoms with E-state index in [2.05, 4.69) is 37.0 Å². The van der Waals surface area contributed by atoms with Gasteiger partial charge in [0.1, 0.15) is 23.5 Å². The van der Waals surface area contributed by atoms with E-state index in [-0.39, 0.29) is 6.04 Å². The summed E-state index contributed by atoms with van der Waals surface area (Å²) in [6, 6.07) is 2.93. The van der Waals surface area contributed by atoms with Crippen LogP contribution in [-0.4, -0.2) is 39.3 Å². The Bertz CT molecular complexity index is 1350. The fraction of sp³-hybridized carbons (Fsp3) is 0.143. The molecule has 0 amide bonds. The Morgan fingerprint density at radius 1 is 1.10 bits per heavy atom. The normalized spacial score (nSPS) is 16.5. The van der Waals surface area contributed by atoms with Crippen LogP contribution in [0, 0.1) is 5.82 Å². The first kappa shape index (κ1) is 17.6. The molecule has 5 heterocycles. The van der Waals surface area contributed by atoms with E-state index in [9.17, 15) is 4.39 Å². The van der Waals surface area contributed by atoms with Gasteiger partial charge in [-0.25, -0.2) is 19.3 Å². The minimum absolute atomic E-state index is 0.00465. The first-order chi connectivity index (χ1) is 15.2. The van der Waals surface area contributed by atoms with E-state index in [1.807, 2.05) is 22.8 Å². The summed E-state index contributed by atoms with van der Waals surface area (Å²) >= 11 is 0. The molecule has 0 fully saturated rings. The molecule has 0 spiro atoms. The minimum atomic E-state index is -0.403. The summed E-state index contributed by atoms with van der Waals surface area (Å²) in [5, 5.41) is 8.45. The Kier molecular flexibility index (Phi) is 3.79. The van der Waals surface area contributed by atoms with Crippen LogP contribution in [-0.2, 0) is 0 Å². The molecule has 4 aromatic heterocycles. The van der Waals surface area contributed by atoms with E-state index >= 15 is 0 Å². The summed E-state index contributed by atoms with van der Waals surface area (Å²) in [7, 11) is 0. The second kappa shape index (κ2) is 6.66. The Labute approximate surface area is 176 Å². The Hall–Kier alpha value is -4.21. The standard InChI is InChI=1S/C21H16FN9/c1-2-16-20-28-26-12-30(20)17-11-25-21(27-19(17)31(16)14-4-3-5-14)29-9-8-23-18(29)15-7-6-13(22)10-24-15/h3-12,16H,2H2,1H3/t16-/m1/s1. The smallest absolute Gasteiger partial charge is 0.237 e. The second-order valence-electron chi connectivity index (χ2n) is 7.17. The zero-order chi connectivity index (χ0) is 20.9. The van der Waals surface area contributed by atoms with Crippen LogP contribution < -0.4 is 4.90 Å². The van der Waals surface area contributed by atoms with Crippen LogP contribution in [0.15, 0.2) is 67.2 Å². The lowest BCUT2D eigenvalue weighted by molar-refractivity contribution is 0.574. The molecule has 0 bridgehead atoms. The van der Waals surface area contributed by atoms with Gasteiger partial charge >= 0.3 is 0 Å². The van der Waals surface area contributed by atoms with Crippen LogP contribution in [0.1, 0.15) is 25.2 Å². The van der Waals surface area contributed by atoms with E-state index in [0.717, 1.165) is 29.4 Å². The van der Waals surface area contributed by atoms with E-state index in [4.69, 9.17) is 4.98 Å². The predicted molar refractivity (Wildman–Crippen MR) is 110 cm³/mol. The van der Waals surface area contributed by atoms with Gasteiger partial charge in [0.05, 0.1) is 18.4 Å². The van der Waals surface area contributed by atoms with E-state index in [1.54, 1.807) is 35.6 Å². The summed E-state index contributed by atoms with van der Waals surface area (Å²) in [4.78, 5) is 20.2. The molecule has 4 aromatic rings. The van der Waals surface area contributed by atoms with Crippen LogP contribution in [0.3, 0.4) is 0 Å². The molecule has 10 heteroatoms. The summed E-state index contributed by atoms with van der Waals surface area (Å²) in [6.07, 6.45) is 14.9. The van der Waals surface area contributed by atoms with Crippen molar-refractivity contribution in [3.63, 3.8) is 0 Å². The second-order valence-corrected chi connectivity index (χ2v) is 7.17. The molecule has 0 N–H and O–H groups in total. The molecule has 0 aromatic carbocycles. The third kappa shape index (κ3) is 2.61. The van der Waals surface area contributed by atoms with E-state index < -0.39 is 5.82 Å². The van der Waals surface area contributed by atoms with E-state index in [1.165, 1.54) is 12.3 Å².